The van der Waals surface area contributed by atoms with E-state index in [-0.39, 0.29) is 23.5 Å². The van der Waals surface area contributed by atoms with Crippen LogP contribution >= 0.6 is 0 Å². The van der Waals surface area contributed by atoms with Crippen LogP contribution in [0.1, 0.15) is 42.1 Å². The number of nitriles is 1. The van der Waals surface area contributed by atoms with Crippen LogP contribution < -0.4 is 0 Å². The fraction of sp³-hybridized carbons (Fsp3) is 0.556. The summed E-state index contributed by atoms with van der Waals surface area (Å²) in [7, 11) is 0. The van der Waals surface area contributed by atoms with Crippen molar-refractivity contribution in [3.63, 3.8) is 0 Å². The predicted octanol–water partition coefficient (Wildman–Crippen LogP) is 1.95. The van der Waals surface area contributed by atoms with Crippen molar-refractivity contribution in [1.29, 1.82) is 5.26 Å². The van der Waals surface area contributed by atoms with Gasteiger partial charge in [-0.05, 0) is 31.9 Å². The van der Waals surface area contributed by atoms with E-state index in [0.717, 1.165) is 12.8 Å². The topological polar surface area (TPSA) is 73.6 Å². The summed E-state index contributed by atoms with van der Waals surface area (Å²) in [5.74, 6) is -0.0984. The fourth-order valence-electron chi connectivity index (χ4n) is 3.88. The lowest BCUT2D eigenvalue weighted by Gasteiger charge is -2.56. The summed E-state index contributed by atoms with van der Waals surface area (Å²) < 4.78 is 5.75. The molecule has 1 spiro atoms. The molecule has 2 aliphatic rings. The molecular weight excluding hydrogens is 292 g/mol. The molecule has 5 heteroatoms. The van der Waals surface area contributed by atoms with Crippen molar-refractivity contribution in [3.05, 3.63) is 35.4 Å². The van der Waals surface area contributed by atoms with Crippen LogP contribution in [0.15, 0.2) is 24.3 Å². The first-order valence-electron chi connectivity index (χ1n) is 8.20. The Balaban J connectivity index is 1.70. The van der Waals surface area contributed by atoms with Gasteiger partial charge in [-0.25, -0.2) is 0 Å². The molecule has 1 aromatic carbocycles. The molecule has 1 aliphatic heterocycles. The zero-order valence-electron chi connectivity index (χ0n) is 13.4. The Hall–Kier alpha value is -1.90. The van der Waals surface area contributed by atoms with Crippen LogP contribution in [0.2, 0.25) is 0 Å². The van der Waals surface area contributed by atoms with Gasteiger partial charge in [0.25, 0.3) is 5.91 Å². The number of ether oxygens (including phenoxy) is 1. The molecule has 2 fully saturated rings. The van der Waals surface area contributed by atoms with E-state index in [0.29, 0.717) is 37.2 Å². The van der Waals surface area contributed by atoms with Crippen LogP contribution in [0.3, 0.4) is 0 Å². The van der Waals surface area contributed by atoms with E-state index < -0.39 is 0 Å². The number of hydrogen-bond acceptors (Lipinski definition) is 4. The van der Waals surface area contributed by atoms with Crippen LogP contribution in [0.25, 0.3) is 0 Å². The van der Waals surface area contributed by atoms with Gasteiger partial charge in [-0.2, -0.15) is 5.26 Å². The molecule has 2 atom stereocenters. The van der Waals surface area contributed by atoms with Gasteiger partial charge in [0.1, 0.15) is 0 Å². The largest absolute Gasteiger partial charge is 0.392 e. The third-order valence-corrected chi connectivity index (χ3v) is 5.37. The molecule has 1 aliphatic carbocycles. The zero-order valence-corrected chi connectivity index (χ0v) is 13.4. The Labute approximate surface area is 136 Å². The smallest absolute Gasteiger partial charge is 0.255 e. The molecular formula is C18H22N2O3. The Kier molecular flexibility index (Phi) is 4.38. The Bertz CT molecular complexity index is 627. The molecule has 2 unspecified atom stereocenters. The maximum atomic E-state index is 12.7. The second-order valence-electron chi connectivity index (χ2n) is 6.38. The van der Waals surface area contributed by atoms with Gasteiger partial charge < -0.3 is 14.7 Å². The van der Waals surface area contributed by atoms with Crippen molar-refractivity contribution >= 4 is 5.91 Å². The molecule has 1 saturated carbocycles. The van der Waals surface area contributed by atoms with Crippen molar-refractivity contribution in [3.8, 4) is 6.07 Å². The number of hydrogen-bond donors (Lipinski definition) is 1. The minimum atomic E-state index is -0.331. The van der Waals surface area contributed by atoms with Crippen LogP contribution in [-0.4, -0.2) is 47.8 Å². The summed E-state index contributed by atoms with van der Waals surface area (Å²) in [6, 6.07) is 8.98. The molecule has 0 aromatic heterocycles. The number of nitrogens with zero attached hydrogens (tertiary/aromatic N) is 2. The molecule has 1 aromatic rings. The number of benzene rings is 1. The van der Waals surface area contributed by atoms with Gasteiger partial charge in [-0.15, -0.1) is 0 Å². The summed E-state index contributed by atoms with van der Waals surface area (Å²) in [4.78, 5) is 14.5. The van der Waals surface area contributed by atoms with E-state index in [9.17, 15) is 9.90 Å². The number of aliphatic hydroxyl groups excluding tert-OH is 1. The van der Waals surface area contributed by atoms with Gasteiger partial charge in [0, 0.05) is 31.5 Å². The zero-order chi connectivity index (χ0) is 16.4. The summed E-state index contributed by atoms with van der Waals surface area (Å²) in [5, 5.41) is 19.4. The molecule has 1 heterocycles. The van der Waals surface area contributed by atoms with Crippen molar-refractivity contribution < 1.29 is 14.6 Å². The molecule has 0 bridgehead atoms. The number of rotatable bonds is 3. The van der Waals surface area contributed by atoms with E-state index in [1.165, 1.54) is 0 Å². The van der Waals surface area contributed by atoms with Crippen molar-refractivity contribution in [2.75, 3.05) is 19.7 Å². The van der Waals surface area contributed by atoms with Gasteiger partial charge in [-0.1, -0.05) is 12.1 Å². The third kappa shape index (κ3) is 2.62. The number of carbonyl (C=O) groups is 1. The Morgan fingerprint density at radius 2 is 2.13 bits per heavy atom. The number of amides is 1. The highest BCUT2D eigenvalue weighted by molar-refractivity contribution is 5.96. The van der Waals surface area contributed by atoms with Gasteiger partial charge in [0.2, 0.25) is 0 Å². The summed E-state index contributed by atoms with van der Waals surface area (Å²) in [6.07, 6.45) is 1.96. The highest BCUT2D eigenvalue weighted by Crippen LogP contribution is 2.51. The highest BCUT2D eigenvalue weighted by Gasteiger charge is 2.56. The third-order valence-electron chi connectivity index (χ3n) is 5.37. The Morgan fingerprint density at radius 1 is 1.43 bits per heavy atom. The molecule has 23 heavy (non-hydrogen) atoms. The Morgan fingerprint density at radius 3 is 2.74 bits per heavy atom. The summed E-state index contributed by atoms with van der Waals surface area (Å²) >= 11 is 0. The lowest BCUT2D eigenvalue weighted by Crippen LogP contribution is -2.62. The summed E-state index contributed by atoms with van der Waals surface area (Å²) in [5.41, 5.74) is 0.678. The minimum absolute atomic E-state index is 0.0984. The van der Waals surface area contributed by atoms with Gasteiger partial charge >= 0.3 is 0 Å². The molecule has 1 N–H and O–H groups in total. The first-order valence-corrected chi connectivity index (χ1v) is 8.20. The maximum absolute atomic E-state index is 12.7. The van der Waals surface area contributed by atoms with E-state index in [2.05, 4.69) is 6.07 Å². The number of piperidine rings is 1. The SMILES string of the molecule is CCOC1CC(O)C12CCN(C(=O)c1ccccc1C#N)CC2. The standard InChI is InChI=1S/C18H22N2O3/c1-2-23-16-11-15(21)18(16)7-9-20(10-8-18)17(22)14-6-4-3-5-13(14)12-19/h3-6,15-16,21H,2,7-11H2,1H3. The average Bonchev–Trinajstić information content (AvgIpc) is 2.61. The van der Waals surface area contributed by atoms with Crippen molar-refractivity contribution in [2.24, 2.45) is 5.41 Å². The van der Waals surface area contributed by atoms with Crippen molar-refractivity contribution in [2.45, 2.75) is 38.4 Å². The second-order valence-corrected chi connectivity index (χ2v) is 6.38. The predicted molar refractivity (Wildman–Crippen MR) is 84.8 cm³/mol. The van der Waals surface area contributed by atoms with E-state index in [1.54, 1.807) is 29.2 Å². The van der Waals surface area contributed by atoms with Crippen LogP contribution in [0.4, 0.5) is 0 Å². The normalized spacial score (nSPS) is 25.7. The monoisotopic (exact) mass is 314 g/mol. The molecule has 5 nitrogen and oxygen atoms in total. The molecule has 122 valence electrons. The maximum Gasteiger partial charge on any atom is 0.255 e. The van der Waals surface area contributed by atoms with E-state index in [1.807, 2.05) is 6.92 Å². The minimum Gasteiger partial charge on any atom is -0.392 e. The first kappa shape index (κ1) is 16.0. The second kappa shape index (κ2) is 6.31. The van der Waals surface area contributed by atoms with Crippen LogP contribution in [0, 0.1) is 16.7 Å². The highest BCUT2D eigenvalue weighted by atomic mass is 16.5. The molecule has 1 amide bonds. The number of aliphatic hydroxyl groups is 1. The van der Waals surface area contributed by atoms with E-state index in [4.69, 9.17) is 10.00 Å². The lowest BCUT2D eigenvalue weighted by atomic mass is 9.58. The lowest BCUT2D eigenvalue weighted by molar-refractivity contribution is -0.207. The van der Waals surface area contributed by atoms with Crippen molar-refractivity contribution in [1.82, 2.24) is 4.90 Å². The number of likely N-dealkylation sites (tertiary alicyclic amines) is 1. The van der Waals surface area contributed by atoms with Crippen LogP contribution in [0.5, 0.6) is 0 Å². The molecule has 3 rings (SSSR count). The average molecular weight is 314 g/mol. The van der Waals surface area contributed by atoms with Gasteiger partial charge in [-0.3, -0.25) is 4.79 Å². The van der Waals surface area contributed by atoms with Gasteiger partial charge in [0.05, 0.1) is 29.4 Å². The van der Waals surface area contributed by atoms with Crippen LogP contribution in [-0.2, 0) is 4.74 Å². The quantitative estimate of drug-likeness (QED) is 0.925. The molecule has 1 saturated heterocycles. The summed E-state index contributed by atoms with van der Waals surface area (Å²) in [6.45, 7) is 3.81. The fourth-order valence-corrected chi connectivity index (χ4v) is 3.88. The van der Waals surface area contributed by atoms with Gasteiger partial charge in [0.15, 0.2) is 0 Å². The molecule has 0 radical (unpaired) electrons. The number of carbonyl (C=O) groups excluding carboxylic acids is 1. The first-order chi connectivity index (χ1) is 11.1. The van der Waals surface area contributed by atoms with E-state index >= 15 is 0 Å².